The van der Waals surface area contributed by atoms with Crippen molar-refractivity contribution in [1.82, 2.24) is 4.98 Å². The Kier molecular flexibility index (Phi) is 1.86. The van der Waals surface area contributed by atoms with E-state index in [1.165, 1.54) is 6.07 Å². The highest BCUT2D eigenvalue weighted by atomic mass is 16.3. The summed E-state index contributed by atoms with van der Waals surface area (Å²) in [4.78, 5) is 13.7. The minimum Gasteiger partial charge on any atom is -0.506 e. The van der Waals surface area contributed by atoms with E-state index in [4.69, 9.17) is 0 Å². The number of benzene rings is 2. The number of phenols is 2. The summed E-state index contributed by atoms with van der Waals surface area (Å²) in [5, 5.41) is 21.0. The van der Waals surface area contributed by atoms with Crippen LogP contribution in [0.3, 0.4) is 0 Å². The molecule has 2 aromatic carbocycles. The highest BCUT2D eigenvalue weighted by Crippen LogP contribution is 2.35. The van der Waals surface area contributed by atoms with Crippen molar-refractivity contribution in [3.63, 3.8) is 0 Å². The summed E-state index contributed by atoms with van der Waals surface area (Å²) in [6.07, 6.45) is 0.681. The van der Waals surface area contributed by atoms with Crippen LogP contribution in [-0.2, 0) is 0 Å². The molecule has 0 aliphatic rings. The molecular formula is C13H9NO3. The van der Waals surface area contributed by atoms with E-state index in [0.29, 0.717) is 22.9 Å². The van der Waals surface area contributed by atoms with Crippen molar-refractivity contribution in [1.29, 1.82) is 0 Å². The van der Waals surface area contributed by atoms with Crippen LogP contribution in [0.4, 0.5) is 0 Å². The van der Waals surface area contributed by atoms with Crippen molar-refractivity contribution in [2.24, 2.45) is 0 Å². The second kappa shape index (κ2) is 3.25. The van der Waals surface area contributed by atoms with Gasteiger partial charge in [-0.15, -0.1) is 0 Å². The minimum atomic E-state index is 0.000185. The first-order valence-corrected chi connectivity index (χ1v) is 5.12. The second-order valence-electron chi connectivity index (χ2n) is 3.91. The van der Waals surface area contributed by atoms with Gasteiger partial charge in [-0.05, 0) is 18.2 Å². The van der Waals surface area contributed by atoms with Crippen LogP contribution in [0, 0.1) is 0 Å². The molecule has 0 spiro atoms. The van der Waals surface area contributed by atoms with Crippen LogP contribution in [0.1, 0.15) is 10.4 Å². The van der Waals surface area contributed by atoms with Gasteiger partial charge in [0.1, 0.15) is 17.8 Å². The zero-order valence-electron chi connectivity index (χ0n) is 8.77. The average molecular weight is 227 g/mol. The Morgan fingerprint density at radius 3 is 2.53 bits per heavy atom. The molecule has 3 N–H and O–H groups in total. The first-order chi connectivity index (χ1) is 8.20. The number of carbonyl (C=O) groups is 1. The van der Waals surface area contributed by atoms with Gasteiger partial charge < -0.3 is 15.2 Å². The number of aromatic hydroxyl groups is 2. The topological polar surface area (TPSA) is 73.3 Å². The predicted octanol–water partition coefficient (Wildman–Crippen LogP) is 2.54. The van der Waals surface area contributed by atoms with E-state index in [1.807, 2.05) is 6.07 Å². The molecule has 3 aromatic rings. The number of phenolic OH excluding ortho intramolecular Hbond substituents is 2. The fraction of sp³-hybridized carbons (Fsp3) is 0. The molecule has 0 fully saturated rings. The molecule has 1 aromatic heterocycles. The summed E-state index contributed by atoms with van der Waals surface area (Å²) in [7, 11) is 0. The minimum absolute atomic E-state index is 0.000185. The van der Waals surface area contributed by atoms with Gasteiger partial charge in [-0.3, -0.25) is 4.79 Å². The zero-order valence-corrected chi connectivity index (χ0v) is 8.77. The number of carbonyl (C=O) groups excluding carboxylic acids is 1. The van der Waals surface area contributed by atoms with Crippen molar-refractivity contribution < 1.29 is 15.0 Å². The molecule has 0 aliphatic heterocycles. The van der Waals surface area contributed by atoms with Crippen LogP contribution >= 0.6 is 0 Å². The first kappa shape index (κ1) is 9.72. The fourth-order valence-electron chi connectivity index (χ4n) is 2.08. The van der Waals surface area contributed by atoms with Crippen molar-refractivity contribution in [2.45, 2.75) is 0 Å². The molecule has 0 aliphatic carbocycles. The van der Waals surface area contributed by atoms with E-state index in [-0.39, 0.29) is 11.5 Å². The Bertz CT molecular complexity index is 743. The van der Waals surface area contributed by atoms with Gasteiger partial charge >= 0.3 is 0 Å². The van der Waals surface area contributed by atoms with Crippen LogP contribution in [0.15, 0.2) is 30.3 Å². The summed E-state index contributed by atoms with van der Waals surface area (Å²) in [5.74, 6) is 0.117. The van der Waals surface area contributed by atoms with Gasteiger partial charge in [-0.1, -0.05) is 12.1 Å². The molecule has 1 heterocycles. The lowest BCUT2D eigenvalue weighted by atomic mass is 10.1. The summed E-state index contributed by atoms with van der Waals surface area (Å²) < 4.78 is 0. The summed E-state index contributed by atoms with van der Waals surface area (Å²) in [6, 6.07) is 8.18. The third-order valence-corrected chi connectivity index (χ3v) is 2.86. The maximum Gasteiger partial charge on any atom is 0.150 e. The lowest BCUT2D eigenvalue weighted by molar-refractivity contribution is 0.112. The Balaban J connectivity index is 2.56. The van der Waals surface area contributed by atoms with Crippen molar-refractivity contribution >= 4 is 28.1 Å². The lowest BCUT2D eigenvalue weighted by Gasteiger charge is -1.96. The molecular weight excluding hydrogens is 218 g/mol. The quantitative estimate of drug-likeness (QED) is 0.559. The number of aromatic nitrogens is 1. The van der Waals surface area contributed by atoms with Crippen LogP contribution in [0.2, 0.25) is 0 Å². The number of rotatable bonds is 1. The average Bonchev–Trinajstić information content (AvgIpc) is 2.70. The van der Waals surface area contributed by atoms with E-state index < -0.39 is 0 Å². The smallest absolute Gasteiger partial charge is 0.150 e. The molecule has 0 atom stereocenters. The standard InChI is InChI=1S/C13H9NO3/c15-6-7-4-9-8-2-1-3-10(16)12(8)14-13(9)11(17)5-7/h1-6,14,16-17H. The molecule has 4 nitrogen and oxygen atoms in total. The Morgan fingerprint density at radius 2 is 1.76 bits per heavy atom. The number of aldehydes is 1. The second-order valence-corrected chi connectivity index (χ2v) is 3.91. The van der Waals surface area contributed by atoms with E-state index in [1.54, 1.807) is 18.2 Å². The first-order valence-electron chi connectivity index (χ1n) is 5.12. The molecule has 0 amide bonds. The summed E-state index contributed by atoms with van der Waals surface area (Å²) in [6.45, 7) is 0. The number of hydrogen-bond donors (Lipinski definition) is 3. The van der Waals surface area contributed by atoms with Gasteiger partial charge in [-0.2, -0.15) is 0 Å². The van der Waals surface area contributed by atoms with Crippen molar-refractivity contribution in [3.05, 3.63) is 35.9 Å². The van der Waals surface area contributed by atoms with Gasteiger partial charge in [0.2, 0.25) is 0 Å². The van der Waals surface area contributed by atoms with E-state index in [2.05, 4.69) is 4.98 Å². The number of nitrogens with one attached hydrogen (secondary N) is 1. The molecule has 4 heteroatoms. The summed E-state index contributed by atoms with van der Waals surface area (Å²) >= 11 is 0. The Labute approximate surface area is 96.1 Å². The normalized spacial score (nSPS) is 11.1. The van der Waals surface area contributed by atoms with Crippen LogP contribution in [0.5, 0.6) is 11.5 Å². The third-order valence-electron chi connectivity index (χ3n) is 2.86. The zero-order chi connectivity index (χ0) is 12.0. The summed E-state index contributed by atoms with van der Waals surface area (Å²) in [5.41, 5.74) is 1.48. The SMILES string of the molecule is O=Cc1cc(O)c2[nH]c3c(O)cccc3c2c1. The predicted molar refractivity (Wildman–Crippen MR) is 64.5 cm³/mol. The Morgan fingerprint density at radius 1 is 1.00 bits per heavy atom. The molecule has 3 rings (SSSR count). The maximum atomic E-state index is 10.8. The number of aromatic amines is 1. The molecule has 0 saturated carbocycles. The highest BCUT2D eigenvalue weighted by molar-refractivity contribution is 6.12. The number of para-hydroxylation sites is 1. The number of hydrogen-bond acceptors (Lipinski definition) is 3. The van der Waals surface area contributed by atoms with Gasteiger partial charge in [0, 0.05) is 16.3 Å². The lowest BCUT2D eigenvalue weighted by Crippen LogP contribution is -1.79. The number of H-pyrrole nitrogens is 1. The van der Waals surface area contributed by atoms with Crippen LogP contribution in [-0.4, -0.2) is 21.5 Å². The van der Waals surface area contributed by atoms with Crippen molar-refractivity contribution in [2.75, 3.05) is 0 Å². The molecule has 0 saturated heterocycles. The van der Waals surface area contributed by atoms with Crippen LogP contribution < -0.4 is 0 Å². The largest absolute Gasteiger partial charge is 0.506 e. The highest BCUT2D eigenvalue weighted by Gasteiger charge is 2.11. The van der Waals surface area contributed by atoms with E-state index in [9.17, 15) is 15.0 Å². The van der Waals surface area contributed by atoms with Gasteiger partial charge in [0.15, 0.2) is 0 Å². The molecule has 0 unspecified atom stereocenters. The molecule has 0 bridgehead atoms. The van der Waals surface area contributed by atoms with Gasteiger partial charge in [0.05, 0.1) is 11.0 Å². The Hall–Kier alpha value is -2.49. The molecule has 84 valence electrons. The van der Waals surface area contributed by atoms with Gasteiger partial charge in [-0.25, -0.2) is 0 Å². The van der Waals surface area contributed by atoms with E-state index in [0.717, 1.165) is 10.8 Å². The van der Waals surface area contributed by atoms with Crippen molar-refractivity contribution in [3.8, 4) is 11.5 Å². The van der Waals surface area contributed by atoms with E-state index >= 15 is 0 Å². The third kappa shape index (κ3) is 1.27. The van der Waals surface area contributed by atoms with Gasteiger partial charge in [0.25, 0.3) is 0 Å². The van der Waals surface area contributed by atoms with Crippen LogP contribution in [0.25, 0.3) is 21.8 Å². The maximum absolute atomic E-state index is 10.8. The molecule has 0 radical (unpaired) electrons. The molecule has 17 heavy (non-hydrogen) atoms. The fourth-order valence-corrected chi connectivity index (χ4v) is 2.08. The monoisotopic (exact) mass is 227 g/mol. The number of fused-ring (bicyclic) bond motifs is 3.